The summed E-state index contributed by atoms with van der Waals surface area (Å²) < 4.78 is 29.6. The van der Waals surface area contributed by atoms with Crippen LogP contribution in [-0.4, -0.2) is 44.9 Å². The number of hydrogen-bond donors (Lipinski definition) is 1. The Hall–Kier alpha value is -2.35. The molecule has 2 aromatic rings. The molecule has 1 saturated heterocycles. The van der Waals surface area contributed by atoms with Crippen molar-refractivity contribution in [2.24, 2.45) is 0 Å². The number of amides is 1. The number of piperidine rings is 1. The topological polar surface area (TPSA) is 63.1 Å². The highest BCUT2D eigenvalue weighted by atomic mass is 19.1. The molecule has 150 valence electrons. The number of halogens is 2. The van der Waals surface area contributed by atoms with E-state index in [1.807, 2.05) is 0 Å². The quantitative estimate of drug-likeness (QED) is 0.854. The maximum atomic E-state index is 14.2. The summed E-state index contributed by atoms with van der Waals surface area (Å²) in [4.78, 5) is 14.9. The van der Waals surface area contributed by atoms with E-state index in [2.05, 4.69) is 15.6 Å². The van der Waals surface area contributed by atoms with Gasteiger partial charge in [0.05, 0.1) is 12.2 Å². The predicted octanol–water partition coefficient (Wildman–Crippen LogP) is 3.07. The standard InChI is InChI=1S/C20H25F2N5O/c21-15-5-6-18(22)14(11-15)12-26(16-3-1-2-4-16)20(28)19-13-27(25-24-19)17-7-9-23-10-8-17/h5-6,11,13,16-17,23H,1-4,7-10,12H2. The van der Waals surface area contributed by atoms with Gasteiger partial charge in [-0.3, -0.25) is 4.79 Å². The molecule has 1 aromatic heterocycles. The first kappa shape index (κ1) is 19.0. The molecule has 2 fully saturated rings. The number of nitrogens with one attached hydrogen (secondary N) is 1. The second-order valence-corrected chi connectivity index (χ2v) is 7.67. The van der Waals surface area contributed by atoms with E-state index in [1.165, 1.54) is 0 Å². The molecule has 0 unspecified atom stereocenters. The minimum atomic E-state index is -0.507. The first-order valence-electron chi connectivity index (χ1n) is 9.99. The van der Waals surface area contributed by atoms with E-state index >= 15 is 0 Å². The molecule has 6 nitrogen and oxygen atoms in total. The van der Waals surface area contributed by atoms with Crippen molar-refractivity contribution in [2.45, 2.75) is 57.2 Å². The van der Waals surface area contributed by atoms with Crippen molar-refractivity contribution >= 4 is 5.91 Å². The van der Waals surface area contributed by atoms with E-state index < -0.39 is 11.6 Å². The minimum absolute atomic E-state index is 0.0131. The van der Waals surface area contributed by atoms with Gasteiger partial charge in [0.25, 0.3) is 5.91 Å². The average Bonchev–Trinajstić information content (AvgIpc) is 3.41. The van der Waals surface area contributed by atoms with Gasteiger partial charge in [-0.25, -0.2) is 13.5 Å². The Bertz CT molecular complexity index is 828. The van der Waals surface area contributed by atoms with Crippen molar-refractivity contribution < 1.29 is 13.6 Å². The zero-order valence-corrected chi connectivity index (χ0v) is 15.8. The van der Waals surface area contributed by atoms with Crippen LogP contribution in [0.1, 0.15) is 60.6 Å². The molecule has 1 N–H and O–H groups in total. The molecule has 0 spiro atoms. The predicted molar refractivity (Wildman–Crippen MR) is 99.7 cm³/mol. The van der Waals surface area contributed by atoms with Crippen LogP contribution in [0.3, 0.4) is 0 Å². The normalized spacial score (nSPS) is 18.5. The molecule has 28 heavy (non-hydrogen) atoms. The van der Waals surface area contributed by atoms with Crippen LogP contribution >= 0.6 is 0 Å². The fraction of sp³-hybridized carbons (Fsp3) is 0.550. The third kappa shape index (κ3) is 4.06. The van der Waals surface area contributed by atoms with Gasteiger partial charge < -0.3 is 10.2 Å². The lowest BCUT2D eigenvalue weighted by Gasteiger charge is -2.28. The van der Waals surface area contributed by atoms with Gasteiger partial charge in [0, 0.05) is 18.2 Å². The fourth-order valence-electron chi connectivity index (χ4n) is 4.20. The molecule has 1 amide bonds. The van der Waals surface area contributed by atoms with Crippen LogP contribution in [0.4, 0.5) is 8.78 Å². The van der Waals surface area contributed by atoms with Gasteiger partial charge in [-0.15, -0.1) is 5.10 Å². The highest BCUT2D eigenvalue weighted by Gasteiger charge is 2.30. The molecule has 1 aliphatic carbocycles. The van der Waals surface area contributed by atoms with Crippen LogP contribution in [0, 0.1) is 11.6 Å². The number of carbonyl (C=O) groups excluding carboxylic acids is 1. The summed E-state index contributed by atoms with van der Waals surface area (Å²) in [6.07, 6.45) is 7.37. The molecular formula is C20H25F2N5O. The molecule has 0 atom stereocenters. The second kappa shape index (κ2) is 8.34. The lowest BCUT2D eigenvalue weighted by atomic mass is 10.1. The SMILES string of the molecule is O=C(c1cn(C2CCNCC2)nn1)N(Cc1cc(F)ccc1F)C1CCCC1. The summed E-state index contributed by atoms with van der Waals surface area (Å²) in [5.74, 6) is -1.28. The molecule has 1 aliphatic heterocycles. The van der Waals surface area contributed by atoms with E-state index in [-0.39, 0.29) is 35.8 Å². The second-order valence-electron chi connectivity index (χ2n) is 7.67. The van der Waals surface area contributed by atoms with Crippen LogP contribution in [0.25, 0.3) is 0 Å². The van der Waals surface area contributed by atoms with Gasteiger partial charge >= 0.3 is 0 Å². The smallest absolute Gasteiger partial charge is 0.276 e. The van der Waals surface area contributed by atoms with Gasteiger partial charge in [0.2, 0.25) is 0 Å². The van der Waals surface area contributed by atoms with E-state index in [4.69, 9.17) is 0 Å². The molecule has 2 aliphatic rings. The lowest BCUT2D eigenvalue weighted by Crippen LogP contribution is -2.38. The Balaban J connectivity index is 1.56. The minimum Gasteiger partial charge on any atom is -0.330 e. The lowest BCUT2D eigenvalue weighted by molar-refractivity contribution is 0.0656. The van der Waals surface area contributed by atoms with Crippen molar-refractivity contribution in [3.8, 4) is 0 Å². The average molecular weight is 389 g/mol. The number of carbonyl (C=O) groups is 1. The summed E-state index contributed by atoms with van der Waals surface area (Å²) in [6, 6.07) is 3.60. The Morgan fingerprint density at radius 1 is 1.18 bits per heavy atom. The Morgan fingerprint density at radius 2 is 1.93 bits per heavy atom. The number of hydrogen-bond acceptors (Lipinski definition) is 4. The fourth-order valence-corrected chi connectivity index (χ4v) is 4.20. The summed E-state index contributed by atoms with van der Waals surface area (Å²) in [6.45, 7) is 1.87. The molecule has 8 heteroatoms. The zero-order chi connectivity index (χ0) is 19.5. The van der Waals surface area contributed by atoms with Crippen LogP contribution in [0.5, 0.6) is 0 Å². The third-order valence-electron chi connectivity index (χ3n) is 5.79. The molecule has 1 saturated carbocycles. The number of rotatable bonds is 5. The van der Waals surface area contributed by atoms with Crippen LogP contribution in [-0.2, 0) is 6.54 Å². The Kier molecular flexibility index (Phi) is 5.66. The van der Waals surface area contributed by atoms with Crippen molar-refractivity contribution in [3.63, 3.8) is 0 Å². The summed E-state index contributed by atoms with van der Waals surface area (Å²) in [7, 11) is 0. The van der Waals surface area contributed by atoms with E-state index in [0.717, 1.165) is 69.8 Å². The van der Waals surface area contributed by atoms with Crippen LogP contribution in [0.2, 0.25) is 0 Å². The van der Waals surface area contributed by atoms with Gasteiger partial charge in [0.15, 0.2) is 5.69 Å². The summed E-state index contributed by atoms with van der Waals surface area (Å²) in [5.41, 5.74) is 0.452. The molecular weight excluding hydrogens is 364 g/mol. The summed E-state index contributed by atoms with van der Waals surface area (Å²) >= 11 is 0. The van der Waals surface area contributed by atoms with Gasteiger partial charge in [-0.1, -0.05) is 18.1 Å². The molecule has 0 radical (unpaired) electrons. The Morgan fingerprint density at radius 3 is 2.68 bits per heavy atom. The largest absolute Gasteiger partial charge is 0.330 e. The maximum absolute atomic E-state index is 14.2. The van der Waals surface area contributed by atoms with Gasteiger partial charge in [-0.05, 0) is 57.0 Å². The molecule has 0 bridgehead atoms. The number of nitrogens with zero attached hydrogens (tertiary/aromatic N) is 4. The molecule has 1 aromatic carbocycles. The van der Waals surface area contributed by atoms with Crippen molar-refractivity contribution in [3.05, 3.63) is 47.3 Å². The molecule has 4 rings (SSSR count). The molecule has 2 heterocycles. The highest BCUT2D eigenvalue weighted by Crippen LogP contribution is 2.27. The zero-order valence-electron chi connectivity index (χ0n) is 15.8. The van der Waals surface area contributed by atoms with Crippen molar-refractivity contribution in [2.75, 3.05) is 13.1 Å². The van der Waals surface area contributed by atoms with Gasteiger partial charge in [-0.2, -0.15) is 0 Å². The van der Waals surface area contributed by atoms with Gasteiger partial charge in [0.1, 0.15) is 11.6 Å². The van der Waals surface area contributed by atoms with E-state index in [0.29, 0.717) is 0 Å². The first-order valence-corrected chi connectivity index (χ1v) is 9.99. The van der Waals surface area contributed by atoms with Crippen LogP contribution in [0.15, 0.2) is 24.4 Å². The number of benzene rings is 1. The third-order valence-corrected chi connectivity index (χ3v) is 5.79. The first-order chi connectivity index (χ1) is 13.6. The van der Waals surface area contributed by atoms with Crippen LogP contribution < -0.4 is 5.32 Å². The number of aromatic nitrogens is 3. The highest BCUT2D eigenvalue weighted by molar-refractivity contribution is 5.92. The Labute approximate surface area is 162 Å². The van der Waals surface area contributed by atoms with Crippen molar-refractivity contribution in [1.82, 2.24) is 25.2 Å². The van der Waals surface area contributed by atoms with E-state index in [9.17, 15) is 13.6 Å². The van der Waals surface area contributed by atoms with Crippen molar-refractivity contribution in [1.29, 1.82) is 0 Å². The monoisotopic (exact) mass is 389 g/mol. The van der Waals surface area contributed by atoms with E-state index in [1.54, 1.807) is 15.8 Å². The maximum Gasteiger partial charge on any atom is 0.276 e. The summed E-state index contributed by atoms with van der Waals surface area (Å²) in [5, 5.41) is 11.6.